The van der Waals surface area contributed by atoms with E-state index in [-0.39, 0.29) is 6.10 Å². The van der Waals surface area contributed by atoms with Crippen LogP contribution in [0.5, 0.6) is 5.75 Å². The van der Waals surface area contributed by atoms with Crippen molar-refractivity contribution in [2.75, 3.05) is 20.2 Å². The molecule has 5 nitrogen and oxygen atoms in total. The number of likely N-dealkylation sites (tertiary alicyclic amines) is 1. The van der Waals surface area contributed by atoms with E-state index in [1.54, 1.807) is 19.5 Å². The molecule has 148 valence electrons. The molecule has 1 aromatic carbocycles. The summed E-state index contributed by atoms with van der Waals surface area (Å²) in [6.07, 6.45) is 9.48. The SMILES string of the molecule is COC(c1ccncc1)c1ccc2c(c1)COC1(CCN(C3CCC3)CC1)O2. The Labute approximate surface area is 166 Å². The summed E-state index contributed by atoms with van der Waals surface area (Å²) in [6, 6.07) is 11.1. The van der Waals surface area contributed by atoms with Gasteiger partial charge in [0.05, 0.1) is 6.61 Å². The average molecular weight is 380 g/mol. The minimum Gasteiger partial charge on any atom is -0.462 e. The number of hydrogen-bond acceptors (Lipinski definition) is 5. The monoisotopic (exact) mass is 380 g/mol. The van der Waals surface area contributed by atoms with Gasteiger partial charge in [-0.2, -0.15) is 0 Å². The quantitative estimate of drug-likeness (QED) is 0.800. The highest BCUT2D eigenvalue weighted by atomic mass is 16.7. The van der Waals surface area contributed by atoms with Gasteiger partial charge in [0.2, 0.25) is 5.79 Å². The normalized spacial score (nSPS) is 22.9. The molecule has 0 N–H and O–H groups in total. The Balaban J connectivity index is 1.31. The van der Waals surface area contributed by atoms with Crippen LogP contribution >= 0.6 is 0 Å². The molecule has 5 rings (SSSR count). The van der Waals surface area contributed by atoms with E-state index in [0.717, 1.165) is 54.4 Å². The van der Waals surface area contributed by atoms with Gasteiger partial charge in [0, 0.05) is 57.0 Å². The number of fused-ring (bicyclic) bond motifs is 1. The first kappa shape index (κ1) is 18.1. The summed E-state index contributed by atoms with van der Waals surface area (Å²) < 4.78 is 18.5. The summed E-state index contributed by atoms with van der Waals surface area (Å²) >= 11 is 0. The molecule has 2 aromatic rings. The van der Waals surface area contributed by atoms with Crippen LogP contribution in [0.3, 0.4) is 0 Å². The highest BCUT2D eigenvalue weighted by Crippen LogP contribution is 2.40. The smallest absolute Gasteiger partial charge is 0.213 e. The number of ether oxygens (including phenoxy) is 3. The first-order chi connectivity index (χ1) is 13.8. The van der Waals surface area contributed by atoms with Crippen LogP contribution in [-0.2, 0) is 16.1 Å². The van der Waals surface area contributed by atoms with Crippen LogP contribution in [0.2, 0.25) is 0 Å². The Morgan fingerprint density at radius 2 is 1.89 bits per heavy atom. The molecule has 1 atom stereocenters. The van der Waals surface area contributed by atoms with E-state index in [9.17, 15) is 0 Å². The van der Waals surface area contributed by atoms with Crippen molar-refractivity contribution < 1.29 is 14.2 Å². The van der Waals surface area contributed by atoms with E-state index < -0.39 is 5.79 Å². The number of nitrogens with zero attached hydrogens (tertiary/aromatic N) is 2. The molecule has 1 unspecified atom stereocenters. The molecular weight excluding hydrogens is 352 g/mol. The number of aromatic nitrogens is 1. The zero-order chi connectivity index (χ0) is 19.0. The van der Waals surface area contributed by atoms with Crippen molar-refractivity contribution in [3.8, 4) is 5.75 Å². The van der Waals surface area contributed by atoms with Gasteiger partial charge in [-0.15, -0.1) is 0 Å². The Kier molecular flexibility index (Phi) is 4.83. The number of methoxy groups -OCH3 is 1. The lowest BCUT2D eigenvalue weighted by Crippen LogP contribution is -2.54. The molecule has 2 aliphatic heterocycles. The van der Waals surface area contributed by atoms with Crippen molar-refractivity contribution in [1.29, 1.82) is 0 Å². The minimum absolute atomic E-state index is 0.116. The van der Waals surface area contributed by atoms with E-state index in [1.807, 2.05) is 12.1 Å². The summed E-state index contributed by atoms with van der Waals surface area (Å²) in [7, 11) is 1.74. The van der Waals surface area contributed by atoms with E-state index in [4.69, 9.17) is 14.2 Å². The standard InChI is InChI=1S/C23H28N2O3/c1-26-22(17-7-11-24-12-8-17)18-5-6-21-19(15-18)16-27-23(28-21)9-13-25(14-10-23)20-3-2-4-20/h5-8,11-12,15,20,22H,2-4,9-10,13-14,16H2,1H3. The maximum atomic E-state index is 6.41. The fourth-order valence-electron chi connectivity index (χ4n) is 4.64. The zero-order valence-electron chi connectivity index (χ0n) is 16.5. The van der Waals surface area contributed by atoms with Gasteiger partial charge in [-0.3, -0.25) is 9.88 Å². The van der Waals surface area contributed by atoms with E-state index >= 15 is 0 Å². The molecule has 28 heavy (non-hydrogen) atoms. The highest BCUT2D eigenvalue weighted by molar-refractivity contribution is 5.41. The van der Waals surface area contributed by atoms with Crippen molar-refractivity contribution in [3.63, 3.8) is 0 Å². The third kappa shape index (κ3) is 3.32. The summed E-state index contributed by atoms with van der Waals surface area (Å²) in [5, 5.41) is 0. The van der Waals surface area contributed by atoms with Crippen molar-refractivity contribution in [1.82, 2.24) is 9.88 Å². The molecule has 3 aliphatic rings. The van der Waals surface area contributed by atoms with E-state index in [0.29, 0.717) is 6.61 Å². The second-order valence-corrected chi connectivity index (χ2v) is 8.19. The van der Waals surface area contributed by atoms with Gasteiger partial charge >= 0.3 is 0 Å². The Hall–Kier alpha value is -1.95. The topological polar surface area (TPSA) is 43.8 Å². The summed E-state index contributed by atoms with van der Waals surface area (Å²) in [4.78, 5) is 6.72. The summed E-state index contributed by atoms with van der Waals surface area (Å²) in [5.41, 5.74) is 3.30. The highest BCUT2D eigenvalue weighted by Gasteiger charge is 2.42. The molecule has 1 aromatic heterocycles. The Bertz CT molecular complexity index is 814. The molecule has 1 aliphatic carbocycles. The largest absolute Gasteiger partial charge is 0.462 e. The van der Waals surface area contributed by atoms with Crippen LogP contribution in [0.15, 0.2) is 42.7 Å². The van der Waals surface area contributed by atoms with Crippen LogP contribution in [0.1, 0.15) is 54.9 Å². The predicted octanol–water partition coefficient (Wildman–Crippen LogP) is 4.07. The zero-order valence-corrected chi connectivity index (χ0v) is 16.5. The molecule has 5 heteroatoms. The van der Waals surface area contributed by atoms with Crippen molar-refractivity contribution in [2.45, 2.75) is 56.6 Å². The first-order valence-electron chi connectivity index (χ1n) is 10.4. The van der Waals surface area contributed by atoms with Crippen molar-refractivity contribution >= 4 is 0 Å². The van der Waals surface area contributed by atoms with Gasteiger partial charge in [-0.05, 0) is 48.2 Å². The molecule has 2 fully saturated rings. The minimum atomic E-state index is -0.444. The summed E-state index contributed by atoms with van der Waals surface area (Å²) in [5.74, 6) is 0.511. The second kappa shape index (κ2) is 7.47. The van der Waals surface area contributed by atoms with E-state index in [2.05, 4.69) is 28.1 Å². The van der Waals surface area contributed by atoms with Crippen molar-refractivity contribution in [3.05, 3.63) is 59.4 Å². The number of piperidine rings is 1. The second-order valence-electron chi connectivity index (χ2n) is 8.19. The number of hydrogen-bond donors (Lipinski definition) is 0. The molecule has 0 radical (unpaired) electrons. The number of rotatable bonds is 4. The van der Waals surface area contributed by atoms with Crippen LogP contribution in [0.4, 0.5) is 0 Å². The third-order valence-corrected chi connectivity index (χ3v) is 6.57. The van der Waals surface area contributed by atoms with Gasteiger partial charge in [0.15, 0.2) is 0 Å². The molecule has 3 heterocycles. The lowest BCUT2D eigenvalue weighted by Gasteiger charge is -2.47. The number of benzene rings is 1. The molecule has 1 saturated carbocycles. The Morgan fingerprint density at radius 3 is 2.57 bits per heavy atom. The third-order valence-electron chi connectivity index (χ3n) is 6.57. The van der Waals surface area contributed by atoms with Crippen LogP contribution in [-0.4, -0.2) is 41.9 Å². The van der Waals surface area contributed by atoms with Gasteiger partial charge in [-0.1, -0.05) is 12.5 Å². The molecule has 1 spiro atoms. The Morgan fingerprint density at radius 1 is 1.11 bits per heavy atom. The van der Waals surface area contributed by atoms with Gasteiger partial charge in [0.1, 0.15) is 11.9 Å². The fourth-order valence-corrected chi connectivity index (χ4v) is 4.64. The maximum absolute atomic E-state index is 6.41. The molecular formula is C23H28N2O3. The number of pyridine rings is 1. The predicted molar refractivity (Wildman–Crippen MR) is 106 cm³/mol. The molecule has 0 amide bonds. The maximum Gasteiger partial charge on any atom is 0.213 e. The van der Waals surface area contributed by atoms with Crippen LogP contribution in [0.25, 0.3) is 0 Å². The van der Waals surface area contributed by atoms with Gasteiger partial charge in [0.25, 0.3) is 0 Å². The van der Waals surface area contributed by atoms with E-state index in [1.165, 1.54) is 19.3 Å². The molecule has 0 bridgehead atoms. The fraction of sp³-hybridized carbons (Fsp3) is 0.522. The van der Waals surface area contributed by atoms with Crippen molar-refractivity contribution in [2.24, 2.45) is 0 Å². The lowest BCUT2D eigenvalue weighted by atomic mass is 9.89. The van der Waals surface area contributed by atoms with Crippen LogP contribution in [0, 0.1) is 0 Å². The summed E-state index contributed by atoms with van der Waals surface area (Å²) in [6.45, 7) is 2.75. The molecule has 1 saturated heterocycles. The first-order valence-corrected chi connectivity index (χ1v) is 10.4. The lowest BCUT2D eigenvalue weighted by molar-refractivity contribution is -0.231. The van der Waals surface area contributed by atoms with Gasteiger partial charge < -0.3 is 14.2 Å². The van der Waals surface area contributed by atoms with Crippen LogP contribution < -0.4 is 4.74 Å². The van der Waals surface area contributed by atoms with Gasteiger partial charge in [-0.25, -0.2) is 0 Å². The average Bonchev–Trinajstić information content (AvgIpc) is 2.70.